The predicted octanol–water partition coefficient (Wildman–Crippen LogP) is 3.90. The van der Waals surface area contributed by atoms with Crippen molar-refractivity contribution in [2.24, 2.45) is 5.73 Å². The molecule has 3 atom stereocenters. The maximum absolute atomic E-state index is 13.2. The van der Waals surface area contributed by atoms with Gasteiger partial charge in [-0.1, -0.05) is 0 Å². The van der Waals surface area contributed by atoms with Gasteiger partial charge in [-0.15, -0.1) is 11.3 Å². The molecule has 5 rings (SSSR count). The van der Waals surface area contributed by atoms with Gasteiger partial charge in [0.05, 0.1) is 23.7 Å². The summed E-state index contributed by atoms with van der Waals surface area (Å²) in [5.74, 6) is 0.713. The summed E-state index contributed by atoms with van der Waals surface area (Å²) in [4.78, 5) is 20.6. The molecule has 1 aliphatic heterocycles. The average Bonchev–Trinajstić information content (AvgIpc) is 3.39. The number of rotatable bonds is 7. The number of halogens is 2. The number of nitrogens with two attached hydrogens (primary N) is 1. The third-order valence-corrected chi connectivity index (χ3v) is 8.48. The van der Waals surface area contributed by atoms with Crippen LogP contribution in [0.2, 0.25) is 0 Å². The van der Waals surface area contributed by atoms with Crippen LogP contribution < -0.4 is 10.5 Å². The Labute approximate surface area is 196 Å². The summed E-state index contributed by atoms with van der Waals surface area (Å²) in [7, 11) is 0. The largest absolute Gasteiger partial charge is 0.490 e. The maximum atomic E-state index is 13.2. The van der Waals surface area contributed by atoms with Gasteiger partial charge < -0.3 is 15.2 Å². The fraction of sp³-hybridized carbons (Fsp3) is 0.667. The molecule has 1 saturated carbocycles. The minimum atomic E-state index is -0.578. The van der Waals surface area contributed by atoms with Crippen molar-refractivity contribution in [3.05, 3.63) is 22.7 Å². The van der Waals surface area contributed by atoms with Crippen molar-refractivity contribution in [1.29, 1.82) is 0 Å². The third kappa shape index (κ3) is 4.72. The van der Waals surface area contributed by atoms with Gasteiger partial charge in [0, 0.05) is 36.6 Å². The highest BCUT2D eigenvalue weighted by Gasteiger charge is 2.35. The van der Waals surface area contributed by atoms with Gasteiger partial charge in [-0.3, -0.25) is 9.69 Å². The molecule has 2 aromatic rings. The van der Waals surface area contributed by atoms with Crippen LogP contribution in [0.4, 0.5) is 8.78 Å². The predicted molar refractivity (Wildman–Crippen MR) is 123 cm³/mol. The lowest BCUT2D eigenvalue weighted by Gasteiger charge is -2.43. The smallest absolute Gasteiger partial charge is 0.218 e. The molecule has 180 valence electrons. The van der Waals surface area contributed by atoms with E-state index in [1.807, 2.05) is 6.07 Å². The number of pyridine rings is 1. The molecule has 1 saturated heterocycles. The molecule has 1 amide bonds. The van der Waals surface area contributed by atoms with E-state index in [2.05, 4.69) is 9.88 Å². The first kappa shape index (κ1) is 22.9. The molecule has 6 nitrogen and oxygen atoms in total. The zero-order valence-corrected chi connectivity index (χ0v) is 19.5. The van der Waals surface area contributed by atoms with Gasteiger partial charge in [-0.2, -0.15) is 0 Å². The number of nitrogens with zero attached hydrogens (tertiary/aromatic N) is 2. The average molecular weight is 480 g/mol. The fourth-order valence-electron chi connectivity index (χ4n) is 5.81. The number of ether oxygens (including phenoxy) is 2. The number of primary amides is 1. The van der Waals surface area contributed by atoms with Crippen molar-refractivity contribution in [3.63, 3.8) is 0 Å². The highest BCUT2D eigenvalue weighted by molar-refractivity contribution is 7.19. The molecule has 0 aromatic carbocycles. The van der Waals surface area contributed by atoms with Crippen LogP contribution in [0.3, 0.4) is 0 Å². The Balaban J connectivity index is 1.27. The van der Waals surface area contributed by atoms with E-state index in [-0.39, 0.29) is 17.9 Å². The number of aromatic nitrogens is 1. The Morgan fingerprint density at radius 3 is 2.58 bits per heavy atom. The molecule has 0 spiro atoms. The monoisotopic (exact) mass is 479 g/mol. The Morgan fingerprint density at radius 2 is 1.91 bits per heavy atom. The quantitative estimate of drug-likeness (QED) is 0.652. The zero-order valence-electron chi connectivity index (χ0n) is 18.7. The summed E-state index contributed by atoms with van der Waals surface area (Å²) in [5.41, 5.74) is 6.71. The first-order valence-electron chi connectivity index (χ1n) is 11.9. The first-order valence-corrected chi connectivity index (χ1v) is 12.7. The van der Waals surface area contributed by atoms with E-state index >= 15 is 0 Å². The van der Waals surface area contributed by atoms with Gasteiger partial charge in [-0.05, 0) is 56.1 Å². The molecule has 2 fully saturated rings. The van der Waals surface area contributed by atoms with Crippen molar-refractivity contribution in [2.75, 3.05) is 26.4 Å². The number of morpholine rings is 1. The highest BCUT2D eigenvalue weighted by atomic mass is 32.1. The highest BCUT2D eigenvalue weighted by Crippen LogP contribution is 2.48. The van der Waals surface area contributed by atoms with Crippen LogP contribution in [0, 0.1) is 0 Å². The lowest BCUT2D eigenvalue weighted by atomic mass is 9.91. The number of carbonyl (C=O) groups excluding carboxylic acids is 1. The Bertz CT molecular complexity index is 983. The summed E-state index contributed by atoms with van der Waals surface area (Å²) in [5, 5.41) is 1.05. The van der Waals surface area contributed by atoms with Crippen LogP contribution in [-0.2, 0) is 16.0 Å². The van der Waals surface area contributed by atoms with E-state index in [1.165, 1.54) is 10.4 Å². The second kappa shape index (κ2) is 9.80. The topological polar surface area (TPSA) is 77.7 Å². The van der Waals surface area contributed by atoms with Crippen molar-refractivity contribution >= 4 is 27.5 Å². The first-order chi connectivity index (χ1) is 16.1. The maximum Gasteiger partial charge on any atom is 0.218 e. The van der Waals surface area contributed by atoms with Crippen molar-refractivity contribution < 1.29 is 23.0 Å². The van der Waals surface area contributed by atoms with Gasteiger partial charge >= 0.3 is 0 Å². The zero-order chi connectivity index (χ0) is 22.9. The molecule has 9 heteroatoms. The van der Waals surface area contributed by atoms with Crippen LogP contribution in [0.25, 0.3) is 10.2 Å². The molecule has 33 heavy (non-hydrogen) atoms. The number of aryl methyl sites for hydroxylation is 1. The van der Waals surface area contributed by atoms with Crippen LogP contribution >= 0.6 is 11.3 Å². The van der Waals surface area contributed by atoms with Gasteiger partial charge in [0.1, 0.15) is 23.9 Å². The molecule has 3 aliphatic rings. The van der Waals surface area contributed by atoms with Crippen LogP contribution in [0.15, 0.2) is 12.3 Å². The normalized spacial score (nSPS) is 30.4. The second-order valence-corrected chi connectivity index (χ2v) is 10.6. The molecule has 0 radical (unpaired) electrons. The van der Waals surface area contributed by atoms with E-state index in [4.69, 9.17) is 15.2 Å². The summed E-state index contributed by atoms with van der Waals surface area (Å²) < 4.78 is 38.4. The number of hydrogen-bond donors (Lipinski definition) is 1. The number of thiophene rings is 1. The van der Waals surface area contributed by atoms with Crippen molar-refractivity contribution in [1.82, 2.24) is 9.88 Å². The van der Waals surface area contributed by atoms with Gasteiger partial charge in [-0.25, -0.2) is 13.8 Å². The van der Waals surface area contributed by atoms with E-state index in [9.17, 15) is 13.6 Å². The summed E-state index contributed by atoms with van der Waals surface area (Å²) >= 11 is 1.69. The fourth-order valence-corrected chi connectivity index (χ4v) is 7.07. The van der Waals surface area contributed by atoms with E-state index < -0.39 is 25.6 Å². The Hall–Kier alpha value is -1.84. The van der Waals surface area contributed by atoms with Crippen LogP contribution in [0.1, 0.15) is 54.9 Å². The van der Waals surface area contributed by atoms with Crippen LogP contribution in [0.5, 0.6) is 5.75 Å². The number of amides is 1. The molecule has 0 unspecified atom stereocenters. The number of carbonyl (C=O) groups is 1. The lowest BCUT2D eigenvalue weighted by molar-refractivity contribution is -0.118. The molecular weight excluding hydrogens is 448 g/mol. The standard InChI is InChI=1S/C24H31F2N3O3S/c25-10-17-12-29(13-18(11-26)31-17)15-2-4-16(5-3-15)32-19-7-8-28-24-23(19)22-14(9-21(27)30)1-6-20(22)33-24/h7-8,14-18H,1-6,9-13H2,(H2,27,30)/t14-,15?,16?,17-,18+/m1/s1. The molecule has 0 bridgehead atoms. The Morgan fingerprint density at radius 1 is 1.18 bits per heavy atom. The minimum absolute atomic E-state index is 0.0911. The van der Waals surface area contributed by atoms with E-state index in [0.29, 0.717) is 25.6 Å². The van der Waals surface area contributed by atoms with Crippen molar-refractivity contribution in [3.8, 4) is 5.75 Å². The lowest BCUT2D eigenvalue weighted by Crippen LogP contribution is -2.54. The van der Waals surface area contributed by atoms with Gasteiger partial charge in [0.2, 0.25) is 5.91 Å². The molecule has 2 aromatic heterocycles. The minimum Gasteiger partial charge on any atom is -0.490 e. The summed E-state index contributed by atoms with van der Waals surface area (Å²) in [6.07, 6.45) is 6.72. The van der Waals surface area contributed by atoms with Gasteiger partial charge in [0.25, 0.3) is 0 Å². The van der Waals surface area contributed by atoms with Crippen LogP contribution in [-0.4, -0.2) is 66.6 Å². The third-order valence-electron chi connectivity index (χ3n) is 7.30. The number of hydrogen-bond acceptors (Lipinski definition) is 6. The van der Waals surface area contributed by atoms with Gasteiger partial charge in [0.15, 0.2) is 0 Å². The van der Waals surface area contributed by atoms with E-state index in [1.54, 1.807) is 17.5 Å². The molecule has 2 aliphatic carbocycles. The summed E-state index contributed by atoms with van der Waals surface area (Å²) in [6.45, 7) is -0.108. The number of alkyl halides is 2. The molecule has 2 N–H and O–H groups in total. The SMILES string of the molecule is NC(=O)C[C@H]1CCc2sc3nccc(OC4CCC(N5C[C@@H](CF)O[C@@H](CF)C5)CC4)c3c21. The Kier molecular flexibility index (Phi) is 6.81. The van der Waals surface area contributed by atoms with Crippen molar-refractivity contribution in [2.45, 2.75) is 75.2 Å². The molecule has 3 heterocycles. The molecular formula is C24H31F2N3O3S. The van der Waals surface area contributed by atoms with E-state index in [0.717, 1.165) is 54.5 Å². The summed E-state index contributed by atoms with van der Waals surface area (Å²) in [6, 6.07) is 2.24. The second-order valence-electron chi connectivity index (χ2n) is 9.53. The number of fused-ring (bicyclic) bond motifs is 3.